The van der Waals surface area contributed by atoms with E-state index >= 15 is 0 Å². The Morgan fingerprint density at radius 2 is 1.74 bits per heavy atom. The summed E-state index contributed by atoms with van der Waals surface area (Å²) in [4.78, 5) is 12.5. The quantitative estimate of drug-likeness (QED) is 0.708. The fourth-order valence-corrected chi connectivity index (χ4v) is 3.62. The van der Waals surface area contributed by atoms with Crippen molar-refractivity contribution in [3.8, 4) is 0 Å². The maximum Gasteiger partial charge on any atom is 0.162 e. The molecule has 2 fully saturated rings. The molecule has 0 saturated heterocycles. The topological polar surface area (TPSA) is 17.1 Å². The van der Waals surface area contributed by atoms with Gasteiger partial charge >= 0.3 is 0 Å². The van der Waals surface area contributed by atoms with E-state index in [-0.39, 0.29) is 0 Å². The van der Waals surface area contributed by atoms with E-state index in [1.807, 2.05) is 0 Å². The van der Waals surface area contributed by atoms with Gasteiger partial charge in [-0.25, -0.2) is 0 Å². The lowest BCUT2D eigenvalue weighted by Crippen LogP contribution is -2.16. The molecule has 1 heteroatoms. The van der Waals surface area contributed by atoms with Crippen molar-refractivity contribution in [2.45, 2.75) is 45.4 Å². The monoisotopic (exact) mass is 254 g/mol. The Morgan fingerprint density at radius 1 is 1.05 bits per heavy atom. The van der Waals surface area contributed by atoms with Crippen LogP contribution in [0.5, 0.6) is 0 Å². The first kappa shape index (κ1) is 12.7. The van der Waals surface area contributed by atoms with Crippen molar-refractivity contribution in [1.82, 2.24) is 0 Å². The van der Waals surface area contributed by atoms with Crippen LogP contribution in [0, 0.1) is 18.8 Å². The number of aryl methyl sites for hydroxylation is 1. The average Bonchev–Trinajstić information content (AvgIpc) is 3.03. The molecule has 0 bridgehead atoms. The van der Waals surface area contributed by atoms with Gasteiger partial charge in [-0.05, 0) is 55.7 Å². The molecule has 19 heavy (non-hydrogen) atoms. The van der Waals surface area contributed by atoms with Crippen LogP contribution >= 0.6 is 0 Å². The van der Waals surface area contributed by atoms with Crippen LogP contribution < -0.4 is 0 Å². The minimum Gasteiger partial charge on any atom is -0.294 e. The predicted octanol–water partition coefficient (Wildman–Crippen LogP) is 4.55. The number of hydrogen-bond acceptors (Lipinski definition) is 1. The van der Waals surface area contributed by atoms with E-state index in [9.17, 15) is 4.79 Å². The van der Waals surface area contributed by atoms with Gasteiger partial charge in [-0.2, -0.15) is 0 Å². The van der Waals surface area contributed by atoms with E-state index in [4.69, 9.17) is 0 Å². The van der Waals surface area contributed by atoms with E-state index < -0.39 is 0 Å². The second-order valence-electron chi connectivity index (χ2n) is 6.13. The van der Waals surface area contributed by atoms with Gasteiger partial charge in [0.2, 0.25) is 0 Å². The standard InChI is InChI=1S/C18H22O/c1-13-6-8-14(9-7-13)12-16-10-11-17(18(16)19)15-4-2-3-5-15/h6-9,12,15,17H,2-5,10-11H2,1H3/b16-12+/t17-/m0/s1. The van der Waals surface area contributed by atoms with Crippen molar-refractivity contribution >= 4 is 11.9 Å². The number of rotatable bonds is 2. The Morgan fingerprint density at radius 3 is 2.42 bits per heavy atom. The fourth-order valence-electron chi connectivity index (χ4n) is 3.62. The lowest BCUT2D eigenvalue weighted by atomic mass is 9.88. The third-order valence-electron chi connectivity index (χ3n) is 4.77. The third kappa shape index (κ3) is 2.65. The van der Waals surface area contributed by atoms with Gasteiger partial charge in [-0.3, -0.25) is 4.79 Å². The number of Topliss-reactive ketones (excluding diaryl/α,β-unsaturated/α-hetero) is 1. The molecule has 1 aromatic carbocycles. The van der Waals surface area contributed by atoms with Crippen LogP contribution in [-0.4, -0.2) is 5.78 Å². The molecule has 0 N–H and O–H groups in total. The summed E-state index contributed by atoms with van der Waals surface area (Å²) in [5, 5.41) is 0. The molecule has 2 saturated carbocycles. The van der Waals surface area contributed by atoms with Gasteiger partial charge in [-0.1, -0.05) is 42.7 Å². The second-order valence-corrected chi connectivity index (χ2v) is 6.13. The number of carbonyl (C=O) groups excluding carboxylic acids is 1. The lowest BCUT2D eigenvalue weighted by molar-refractivity contribution is -0.119. The number of hydrogen-bond donors (Lipinski definition) is 0. The molecule has 0 spiro atoms. The van der Waals surface area contributed by atoms with Gasteiger partial charge in [-0.15, -0.1) is 0 Å². The van der Waals surface area contributed by atoms with Crippen LogP contribution in [0.1, 0.15) is 49.7 Å². The van der Waals surface area contributed by atoms with Crippen molar-refractivity contribution in [1.29, 1.82) is 0 Å². The molecule has 0 unspecified atom stereocenters. The SMILES string of the molecule is Cc1ccc(/C=C2\CC[C@@H](C3CCCC3)C2=O)cc1. The first-order valence-electron chi connectivity index (χ1n) is 7.55. The summed E-state index contributed by atoms with van der Waals surface area (Å²) in [5.41, 5.74) is 3.49. The molecule has 100 valence electrons. The van der Waals surface area contributed by atoms with Gasteiger partial charge in [0.1, 0.15) is 0 Å². The molecule has 0 radical (unpaired) electrons. The molecule has 2 aliphatic rings. The molecule has 0 aliphatic heterocycles. The first-order chi connectivity index (χ1) is 9.24. The Labute approximate surface area is 115 Å². The van der Waals surface area contributed by atoms with Gasteiger partial charge in [0, 0.05) is 5.92 Å². The highest BCUT2D eigenvalue weighted by atomic mass is 16.1. The highest BCUT2D eigenvalue weighted by molar-refractivity contribution is 6.03. The average molecular weight is 254 g/mol. The molecule has 1 aromatic rings. The van der Waals surface area contributed by atoms with Crippen molar-refractivity contribution in [2.75, 3.05) is 0 Å². The Hall–Kier alpha value is -1.37. The molecule has 0 amide bonds. The summed E-state index contributed by atoms with van der Waals surface area (Å²) >= 11 is 0. The predicted molar refractivity (Wildman–Crippen MR) is 78.8 cm³/mol. The van der Waals surface area contributed by atoms with Crippen molar-refractivity contribution in [3.63, 3.8) is 0 Å². The van der Waals surface area contributed by atoms with E-state index in [1.165, 1.54) is 36.8 Å². The molecular weight excluding hydrogens is 232 g/mol. The van der Waals surface area contributed by atoms with E-state index in [0.29, 0.717) is 17.6 Å². The Kier molecular flexibility index (Phi) is 3.54. The van der Waals surface area contributed by atoms with Crippen molar-refractivity contribution < 1.29 is 4.79 Å². The molecule has 2 aliphatic carbocycles. The smallest absolute Gasteiger partial charge is 0.162 e. The largest absolute Gasteiger partial charge is 0.294 e. The van der Waals surface area contributed by atoms with Gasteiger partial charge < -0.3 is 0 Å². The second kappa shape index (κ2) is 5.32. The molecule has 1 nitrogen and oxygen atoms in total. The summed E-state index contributed by atoms with van der Waals surface area (Å²) in [6.45, 7) is 2.09. The fraction of sp³-hybridized carbons (Fsp3) is 0.500. The summed E-state index contributed by atoms with van der Waals surface area (Å²) < 4.78 is 0. The third-order valence-corrected chi connectivity index (χ3v) is 4.77. The summed E-state index contributed by atoms with van der Waals surface area (Å²) in [7, 11) is 0. The molecule has 1 atom stereocenters. The number of carbonyl (C=O) groups is 1. The summed E-state index contributed by atoms with van der Waals surface area (Å²) in [6.07, 6.45) is 9.37. The van der Waals surface area contributed by atoms with Gasteiger partial charge in [0.15, 0.2) is 5.78 Å². The number of ketones is 1. The zero-order valence-corrected chi connectivity index (χ0v) is 11.7. The van der Waals surface area contributed by atoms with E-state index in [2.05, 4.69) is 37.3 Å². The van der Waals surface area contributed by atoms with Crippen molar-refractivity contribution in [3.05, 3.63) is 41.0 Å². The zero-order chi connectivity index (χ0) is 13.2. The number of benzene rings is 1. The van der Waals surface area contributed by atoms with Crippen molar-refractivity contribution in [2.24, 2.45) is 11.8 Å². The van der Waals surface area contributed by atoms with Crippen LogP contribution in [0.2, 0.25) is 0 Å². The minimum atomic E-state index is 0.333. The van der Waals surface area contributed by atoms with Crippen LogP contribution in [-0.2, 0) is 4.79 Å². The van der Waals surface area contributed by atoms with Crippen LogP contribution in [0.25, 0.3) is 6.08 Å². The zero-order valence-electron chi connectivity index (χ0n) is 11.7. The highest BCUT2D eigenvalue weighted by Crippen LogP contribution is 2.40. The number of allylic oxidation sites excluding steroid dienone is 1. The minimum absolute atomic E-state index is 0.333. The Bertz CT molecular complexity index is 489. The Balaban J connectivity index is 1.75. The highest BCUT2D eigenvalue weighted by Gasteiger charge is 2.36. The molecule has 0 heterocycles. The van der Waals surface area contributed by atoms with E-state index in [1.54, 1.807) is 0 Å². The summed E-state index contributed by atoms with van der Waals surface area (Å²) in [6, 6.07) is 8.44. The van der Waals surface area contributed by atoms with Gasteiger partial charge in [0.25, 0.3) is 0 Å². The van der Waals surface area contributed by atoms with Crippen LogP contribution in [0.15, 0.2) is 29.8 Å². The van der Waals surface area contributed by atoms with Crippen LogP contribution in [0.4, 0.5) is 0 Å². The molecule has 3 rings (SSSR count). The first-order valence-corrected chi connectivity index (χ1v) is 7.55. The van der Waals surface area contributed by atoms with E-state index in [0.717, 1.165) is 18.4 Å². The molecule has 0 aromatic heterocycles. The van der Waals surface area contributed by atoms with Gasteiger partial charge in [0.05, 0.1) is 0 Å². The summed E-state index contributed by atoms with van der Waals surface area (Å²) in [5.74, 6) is 1.45. The maximum absolute atomic E-state index is 12.5. The maximum atomic E-state index is 12.5. The normalized spacial score (nSPS) is 26.5. The molecular formula is C18H22O. The lowest BCUT2D eigenvalue weighted by Gasteiger charge is -2.15. The van der Waals surface area contributed by atoms with Crippen LogP contribution in [0.3, 0.4) is 0 Å².